The second-order valence-corrected chi connectivity index (χ2v) is 7.45. The highest BCUT2D eigenvalue weighted by Gasteiger charge is 2.30. The lowest BCUT2D eigenvalue weighted by molar-refractivity contribution is -0.137. The Morgan fingerprint density at radius 1 is 1.03 bits per heavy atom. The molecule has 0 saturated carbocycles. The van der Waals surface area contributed by atoms with Crippen molar-refractivity contribution in [2.75, 3.05) is 13.1 Å². The molecule has 0 aliphatic heterocycles. The summed E-state index contributed by atoms with van der Waals surface area (Å²) in [6.45, 7) is 5.66. The monoisotopic (exact) mass is 460 g/mol. The van der Waals surface area contributed by atoms with Gasteiger partial charge in [0.1, 0.15) is 0 Å². The molecule has 0 bridgehead atoms. The maximum absolute atomic E-state index is 13.2. The fraction of sp³-hybridized carbons (Fsp3) is 0.304. The van der Waals surface area contributed by atoms with E-state index < -0.39 is 34.6 Å². The highest BCUT2D eigenvalue weighted by atomic mass is 19.4. The number of hydrogen-bond donors (Lipinski definition) is 0. The number of carbonyl (C=O) groups excluding carboxylic acids is 1. The molecular weight excluding hydrogens is 437 g/mol. The number of alkyl halides is 3. The van der Waals surface area contributed by atoms with Gasteiger partial charge in [0.2, 0.25) is 5.69 Å². The molecule has 0 aliphatic rings. The number of aromatic nitrogens is 3. The van der Waals surface area contributed by atoms with Crippen molar-refractivity contribution in [1.82, 2.24) is 19.2 Å². The van der Waals surface area contributed by atoms with E-state index in [0.29, 0.717) is 24.3 Å². The van der Waals surface area contributed by atoms with Gasteiger partial charge in [-0.05, 0) is 56.2 Å². The number of amides is 1. The molecule has 0 fully saturated rings. The Bertz CT molecular complexity index is 1270. The molecule has 3 rings (SSSR count). The van der Waals surface area contributed by atoms with Gasteiger partial charge >= 0.3 is 11.9 Å². The van der Waals surface area contributed by atoms with Crippen LogP contribution in [-0.2, 0) is 12.7 Å². The van der Waals surface area contributed by atoms with Crippen LogP contribution in [0.5, 0.6) is 0 Å². The van der Waals surface area contributed by atoms with Crippen LogP contribution in [0.1, 0.15) is 41.0 Å². The summed E-state index contributed by atoms with van der Waals surface area (Å²) in [6.07, 6.45) is -4.51. The summed E-state index contributed by atoms with van der Waals surface area (Å²) in [5.74, 6) is -0.632. The zero-order chi connectivity index (χ0) is 24.3. The largest absolute Gasteiger partial charge is 0.416 e. The lowest BCUT2D eigenvalue weighted by atomic mass is 10.1. The van der Waals surface area contributed by atoms with Crippen molar-refractivity contribution in [3.63, 3.8) is 0 Å². The van der Waals surface area contributed by atoms with E-state index in [-0.39, 0.29) is 6.54 Å². The fourth-order valence-electron chi connectivity index (χ4n) is 3.36. The van der Waals surface area contributed by atoms with Gasteiger partial charge in [0.05, 0.1) is 17.8 Å². The summed E-state index contributed by atoms with van der Waals surface area (Å²) in [6, 6.07) is 10.9. The first-order valence-corrected chi connectivity index (χ1v) is 10.3. The maximum atomic E-state index is 13.2. The molecule has 0 radical (unpaired) electrons. The third-order valence-electron chi connectivity index (χ3n) is 5.18. The van der Waals surface area contributed by atoms with Crippen LogP contribution in [0.4, 0.5) is 13.2 Å². The normalized spacial score (nSPS) is 11.5. The third kappa shape index (κ3) is 5.05. The molecule has 0 saturated heterocycles. The molecule has 0 unspecified atom stereocenters. The second kappa shape index (κ2) is 9.43. The van der Waals surface area contributed by atoms with Crippen molar-refractivity contribution in [2.45, 2.75) is 33.5 Å². The van der Waals surface area contributed by atoms with Gasteiger partial charge < -0.3 is 4.90 Å². The van der Waals surface area contributed by atoms with E-state index in [1.54, 1.807) is 32.0 Å². The van der Waals surface area contributed by atoms with Gasteiger partial charge in [-0.25, -0.2) is 4.79 Å². The minimum Gasteiger partial charge on any atom is -0.338 e. The average Bonchev–Trinajstić information content (AvgIpc) is 2.77. The van der Waals surface area contributed by atoms with E-state index in [9.17, 15) is 27.6 Å². The number of nitrogens with zero attached hydrogens (tertiary/aromatic N) is 4. The topological polar surface area (TPSA) is 77.2 Å². The zero-order valence-corrected chi connectivity index (χ0v) is 18.4. The summed E-state index contributed by atoms with van der Waals surface area (Å²) >= 11 is 0. The highest BCUT2D eigenvalue weighted by molar-refractivity contribution is 5.91. The Morgan fingerprint density at radius 3 is 2.21 bits per heavy atom. The van der Waals surface area contributed by atoms with E-state index in [0.717, 1.165) is 26.9 Å². The molecule has 0 aliphatic carbocycles. The van der Waals surface area contributed by atoms with Gasteiger partial charge in [-0.15, -0.1) is 0 Å². The molecule has 0 spiro atoms. The lowest BCUT2D eigenvalue weighted by Gasteiger charge is -2.19. The van der Waals surface area contributed by atoms with Crippen LogP contribution in [0.15, 0.2) is 58.1 Å². The quantitative estimate of drug-likeness (QED) is 0.566. The third-order valence-corrected chi connectivity index (χ3v) is 5.18. The predicted molar refractivity (Wildman–Crippen MR) is 117 cm³/mol. The molecule has 10 heteroatoms. The second-order valence-electron chi connectivity index (χ2n) is 7.45. The zero-order valence-electron chi connectivity index (χ0n) is 18.4. The minimum absolute atomic E-state index is 0.297. The van der Waals surface area contributed by atoms with Crippen LogP contribution >= 0.6 is 0 Å². The van der Waals surface area contributed by atoms with Crippen molar-refractivity contribution in [3.8, 4) is 5.69 Å². The first kappa shape index (κ1) is 24.0. The first-order valence-electron chi connectivity index (χ1n) is 10.3. The molecule has 1 heterocycles. The number of benzene rings is 2. The predicted octanol–water partition coefficient (Wildman–Crippen LogP) is 3.25. The van der Waals surface area contributed by atoms with Crippen LogP contribution in [0.3, 0.4) is 0 Å². The summed E-state index contributed by atoms with van der Waals surface area (Å²) in [7, 11) is 0. The summed E-state index contributed by atoms with van der Waals surface area (Å²) in [5.41, 5.74) is -1.50. The van der Waals surface area contributed by atoms with Crippen LogP contribution in [0, 0.1) is 6.92 Å². The number of carbonyl (C=O) groups is 1. The Hall–Kier alpha value is -3.69. The number of hydrogen-bond acceptors (Lipinski definition) is 4. The highest BCUT2D eigenvalue weighted by Crippen LogP contribution is 2.29. The van der Waals surface area contributed by atoms with Gasteiger partial charge in [-0.1, -0.05) is 24.3 Å². The molecular formula is C23H23F3N4O3. The van der Waals surface area contributed by atoms with Crippen LogP contribution < -0.4 is 11.2 Å². The lowest BCUT2D eigenvalue weighted by Crippen LogP contribution is -2.46. The summed E-state index contributed by atoms with van der Waals surface area (Å²) < 4.78 is 40.4. The molecule has 33 heavy (non-hydrogen) atoms. The SMILES string of the molecule is CCN(CC)C(=O)c1nn(-c2cccc(C)c2)c(=O)n(Cc2ccc(C(F)(F)F)cc2)c1=O. The average molecular weight is 460 g/mol. The molecule has 0 atom stereocenters. The van der Waals surface area contributed by atoms with Crippen molar-refractivity contribution in [3.05, 3.63) is 91.8 Å². The summed E-state index contributed by atoms with van der Waals surface area (Å²) in [4.78, 5) is 40.6. The Labute approximate surface area is 187 Å². The van der Waals surface area contributed by atoms with Crippen molar-refractivity contribution in [1.29, 1.82) is 0 Å². The molecule has 1 aromatic heterocycles. The Balaban J connectivity index is 2.18. The Kier molecular flexibility index (Phi) is 6.85. The number of halogens is 3. The van der Waals surface area contributed by atoms with Crippen molar-refractivity contribution in [2.24, 2.45) is 0 Å². The smallest absolute Gasteiger partial charge is 0.338 e. The molecule has 3 aromatic rings. The van der Waals surface area contributed by atoms with E-state index in [1.807, 2.05) is 13.0 Å². The van der Waals surface area contributed by atoms with Gasteiger partial charge in [0.15, 0.2) is 0 Å². The van der Waals surface area contributed by atoms with E-state index >= 15 is 0 Å². The fourth-order valence-corrected chi connectivity index (χ4v) is 3.36. The van der Waals surface area contributed by atoms with Gasteiger partial charge in [0, 0.05) is 13.1 Å². The molecule has 174 valence electrons. The van der Waals surface area contributed by atoms with E-state index in [1.165, 1.54) is 17.0 Å². The molecule has 2 aromatic carbocycles. The van der Waals surface area contributed by atoms with Crippen molar-refractivity contribution >= 4 is 5.91 Å². The van der Waals surface area contributed by atoms with Crippen LogP contribution in [0.2, 0.25) is 0 Å². The summed E-state index contributed by atoms with van der Waals surface area (Å²) in [5, 5.41) is 4.08. The van der Waals surface area contributed by atoms with Crippen molar-refractivity contribution < 1.29 is 18.0 Å². The van der Waals surface area contributed by atoms with Crippen LogP contribution in [-0.4, -0.2) is 38.2 Å². The van der Waals surface area contributed by atoms with Gasteiger partial charge in [-0.3, -0.25) is 14.2 Å². The van der Waals surface area contributed by atoms with E-state index in [4.69, 9.17) is 0 Å². The standard InChI is InChI=1S/C23H23F3N4O3/c1-4-28(5-2)20(31)19-21(32)29(14-16-9-11-17(12-10-16)23(24,25)26)22(33)30(27-19)18-8-6-7-15(3)13-18/h6-13H,4-5,14H2,1-3H3. The molecule has 1 amide bonds. The molecule has 0 N–H and O–H groups in total. The first-order chi connectivity index (χ1) is 15.6. The molecule has 7 nitrogen and oxygen atoms in total. The number of rotatable bonds is 6. The number of aryl methyl sites for hydroxylation is 1. The Morgan fingerprint density at radius 2 is 1.67 bits per heavy atom. The van der Waals surface area contributed by atoms with Crippen LogP contribution in [0.25, 0.3) is 5.69 Å². The van der Waals surface area contributed by atoms with Gasteiger partial charge in [0.25, 0.3) is 11.5 Å². The van der Waals surface area contributed by atoms with Gasteiger partial charge in [-0.2, -0.15) is 23.0 Å². The minimum atomic E-state index is -4.51. The maximum Gasteiger partial charge on any atom is 0.416 e. The van der Waals surface area contributed by atoms with E-state index in [2.05, 4.69) is 5.10 Å².